The Kier molecular flexibility index (Phi) is 4.72. The third-order valence-electron chi connectivity index (χ3n) is 2.04. The second-order valence-corrected chi connectivity index (χ2v) is 3.85. The molecule has 18 heavy (non-hydrogen) atoms. The zero-order valence-corrected chi connectivity index (χ0v) is 10.0. The van der Waals surface area contributed by atoms with Crippen LogP contribution >= 0.6 is 0 Å². The Morgan fingerprint density at radius 1 is 1.28 bits per heavy atom. The molecule has 0 bridgehead atoms. The molecule has 0 atom stereocenters. The molecule has 0 spiro atoms. The molecule has 1 aromatic rings. The Hall–Kier alpha value is -1.56. The predicted molar refractivity (Wildman–Crippen MR) is 58.4 cm³/mol. The van der Waals surface area contributed by atoms with Gasteiger partial charge in [-0.25, -0.2) is 4.79 Å². The van der Waals surface area contributed by atoms with Crippen molar-refractivity contribution in [3.63, 3.8) is 0 Å². The molecular weight excluding hydrogens is 249 g/mol. The van der Waals surface area contributed by atoms with Crippen LogP contribution in [0, 0.1) is 13.8 Å². The molecule has 0 aliphatic carbocycles. The molecule has 0 aliphatic rings. The summed E-state index contributed by atoms with van der Waals surface area (Å²) in [6.07, 6.45) is -4.44. The van der Waals surface area contributed by atoms with E-state index in [9.17, 15) is 18.0 Å². The molecule has 100 valence electrons. The number of ether oxygens (including phenoxy) is 2. The first kappa shape index (κ1) is 14.5. The summed E-state index contributed by atoms with van der Waals surface area (Å²) in [6, 6.07) is 5.14. The third-order valence-corrected chi connectivity index (χ3v) is 2.04. The minimum atomic E-state index is -4.44. The summed E-state index contributed by atoms with van der Waals surface area (Å²) >= 11 is 0. The monoisotopic (exact) mass is 262 g/mol. The first-order chi connectivity index (χ1) is 8.28. The van der Waals surface area contributed by atoms with Crippen molar-refractivity contribution >= 4 is 5.97 Å². The average Bonchev–Trinajstić information content (AvgIpc) is 2.20. The maximum Gasteiger partial charge on any atom is 0.411 e. The number of rotatable bonds is 4. The number of alkyl halides is 3. The zero-order valence-electron chi connectivity index (χ0n) is 10.0. The summed E-state index contributed by atoms with van der Waals surface area (Å²) < 4.78 is 44.4. The van der Waals surface area contributed by atoms with Crippen LogP contribution in [0.5, 0.6) is 5.75 Å². The van der Waals surface area contributed by atoms with Gasteiger partial charge in [-0.1, -0.05) is 17.7 Å². The number of hydrogen-bond donors (Lipinski definition) is 0. The van der Waals surface area contributed by atoms with E-state index in [0.717, 1.165) is 11.1 Å². The van der Waals surface area contributed by atoms with Gasteiger partial charge >= 0.3 is 12.1 Å². The molecule has 6 heteroatoms. The molecule has 0 N–H and O–H groups in total. The first-order valence-corrected chi connectivity index (χ1v) is 5.20. The minimum Gasteiger partial charge on any atom is -0.425 e. The second-order valence-electron chi connectivity index (χ2n) is 3.85. The maximum atomic E-state index is 11.8. The maximum absolute atomic E-state index is 11.8. The summed E-state index contributed by atoms with van der Waals surface area (Å²) in [7, 11) is 0. The molecule has 0 saturated carbocycles. The molecule has 0 aliphatic heterocycles. The van der Waals surface area contributed by atoms with Gasteiger partial charge in [0.2, 0.25) is 0 Å². The fraction of sp³-hybridized carbons (Fsp3) is 0.417. The number of benzene rings is 1. The smallest absolute Gasteiger partial charge is 0.411 e. The molecule has 0 heterocycles. The Morgan fingerprint density at radius 3 is 2.50 bits per heavy atom. The van der Waals surface area contributed by atoms with E-state index in [1.807, 2.05) is 6.92 Å². The van der Waals surface area contributed by atoms with Crippen molar-refractivity contribution in [3.8, 4) is 5.75 Å². The van der Waals surface area contributed by atoms with Crippen LogP contribution in [0.4, 0.5) is 13.2 Å². The van der Waals surface area contributed by atoms with Crippen LogP contribution in [0.2, 0.25) is 0 Å². The van der Waals surface area contributed by atoms with Gasteiger partial charge in [-0.15, -0.1) is 0 Å². The molecule has 0 radical (unpaired) electrons. The fourth-order valence-corrected chi connectivity index (χ4v) is 1.32. The highest BCUT2D eigenvalue weighted by atomic mass is 19.4. The summed E-state index contributed by atoms with van der Waals surface area (Å²) in [4.78, 5) is 11.2. The lowest BCUT2D eigenvalue weighted by atomic mass is 10.1. The minimum absolute atomic E-state index is 0.321. The van der Waals surface area contributed by atoms with Crippen molar-refractivity contribution in [1.82, 2.24) is 0 Å². The average molecular weight is 262 g/mol. The lowest BCUT2D eigenvalue weighted by Gasteiger charge is -2.09. The van der Waals surface area contributed by atoms with Gasteiger partial charge in [-0.2, -0.15) is 13.2 Å². The van der Waals surface area contributed by atoms with Gasteiger partial charge in [0.1, 0.15) is 19.0 Å². The number of esters is 1. The lowest BCUT2D eigenvalue weighted by molar-refractivity contribution is -0.178. The van der Waals surface area contributed by atoms with Gasteiger partial charge in [0.25, 0.3) is 0 Å². The van der Waals surface area contributed by atoms with E-state index < -0.39 is 25.4 Å². The molecule has 0 aromatic heterocycles. The SMILES string of the molecule is Cc1ccc(OC(=O)COCC(F)(F)F)c(C)c1. The van der Waals surface area contributed by atoms with Crippen LogP contribution in [0.15, 0.2) is 18.2 Å². The van der Waals surface area contributed by atoms with Crippen molar-refractivity contribution in [2.75, 3.05) is 13.2 Å². The van der Waals surface area contributed by atoms with E-state index in [-0.39, 0.29) is 0 Å². The highest BCUT2D eigenvalue weighted by Crippen LogP contribution is 2.19. The standard InChI is InChI=1S/C12H13F3O3/c1-8-3-4-10(9(2)5-8)18-11(16)6-17-7-12(13,14)15/h3-5H,6-7H2,1-2H3. The van der Waals surface area contributed by atoms with Crippen molar-refractivity contribution in [1.29, 1.82) is 0 Å². The quantitative estimate of drug-likeness (QED) is 0.618. The molecule has 0 fully saturated rings. The molecule has 1 aromatic carbocycles. The second kappa shape index (κ2) is 5.86. The summed E-state index contributed by atoms with van der Waals surface area (Å²) in [5.74, 6) is -0.535. The van der Waals surface area contributed by atoms with Crippen molar-refractivity contribution in [3.05, 3.63) is 29.3 Å². The van der Waals surface area contributed by atoms with Gasteiger partial charge in [-0.05, 0) is 25.5 Å². The van der Waals surface area contributed by atoms with Crippen LogP contribution in [-0.2, 0) is 9.53 Å². The van der Waals surface area contributed by atoms with Crippen LogP contribution in [0.25, 0.3) is 0 Å². The van der Waals surface area contributed by atoms with Crippen LogP contribution in [0.1, 0.15) is 11.1 Å². The van der Waals surface area contributed by atoms with Crippen molar-refractivity contribution in [2.45, 2.75) is 20.0 Å². The van der Waals surface area contributed by atoms with Gasteiger partial charge in [-0.3, -0.25) is 0 Å². The summed E-state index contributed by atoms with van der Waals surface area (Å²) in [5, 5.41) is 0. The predicted octanol–water partition coefficient (Wildman–Crippen LogP) is 2.79. The molecule has 3 nitrogen and oxygen atoms in total. The lowest BCUT2D eigenvalue weighted by Crippen LogP contribution is -2.22. The molecular formula is C12H13F3O3. The van der Waals surface area contributed by atoms with E-state index in [1.54, 1.807) is 25.1 Å². The van der Waals surface area contributed by atoms with E-state index in [0.29, 0.717) is 5.75 Å². The van der Waals surface area contributed by atoms with Crippen LogP contribution < -0.4 is 4.74 Å². The fourth-order valence-electron chi connectivity index (χ4n) is 1.32. The van der Waals surface area contributed by atoms with E-state index in [4.69, 9.17) is 4.74 Å². The number of hydrogen-bond acceptors (Lipinski definition) is 3. The van der Waals surface area contributed by atoms with Crippen LogP contribution in [0.3, 0.4) is 0 Å². The summed E-state index contributed by atoms with van der Waals surface area (Å²) in [6.45, 7) is 1.43. The highest BCUT2D eigenvalue weighted by molar-refractivity contribution is 5.74. The molecule has 0 amide bonds. The topological polar surface area (TPSA) is 35.5 Å². The van der Waals surface area contributed by atoms with Crippen molar-refractivity contribution in [2.24, 2.45) is 0 Å². The molecule has 0 saturated heterocycles. The zero-order chi connectivity index (χ0) is 13.8. The van der Waals surface area contributed by atoms with Gasteiger partial charge < -0.3 is 9.47 Å². The first-order valence-electron chi connectivity index (χ1n) is 5.20. The number of aryl methyl sites for hydroxylation is 2. The van der Waals surface area contributed by atoms with Crippen molar-refractivity contribution < 1.29 is 27.4 Å². The highest BCUT2D eigenvalue weighted by Gasteiger charge is 2.28. The van der Waals surface area contributed by atoms with Gasteiger partial charge in [0.15, 0.2) is 0 Å². The third kappa shape index (κ3) is 5.18. The van der Waals surface area contributed by atoms with E-state index in [1.165, 1.54) is 0 Å². The molecule has 0 unspecified atom stereocenters. The molecule has 1 rings (SSSR count). The Morgan fingerprint density at radius 2 is 1.94 bits per heavy atom. The van der Waals surface area contributed by atoms with E-state index >= 15 is 0 Å². The largest absolute Gasteiger partial charge is 0.425 e. The van der Waals surface area contributed by atoms with E-state index in [2.05, 4.69) is 4.74 Å². The number of carbonyl (C=O) groups is 1. The van der Waals surface area contributed by atoms with Gasteiger partial charge in [0, 0.05) is 0 Å². The number of carbonyl (C=O) groups excluding carboxylic acids is 1. The normalized spacial score (nSPS) is 11.4. The Bertz CT molecular complexity index is 427. The Labute approximate surface area is 103 Å². The Balaban J connectivity index is 2.45. The van der Waals surface area contributed by atoms with Gasteiger partial charge in [0.05, 0.1) is 0 Å². The summed E-state index contributed by atoms with van der Waals surface area (Å²) in [5.41, 5.74) is 1.74. The number of halogens is 3. The van der Waals surface area contributed by atoms with Crippen LogP contribution in [-0.4, -0.2) is 25.4 Å².